The van der Waals surface area contributed by atoms with Gasteiger partial charge in [0.15, 0.2) is 0 Å². The fourth-order valence-electron chi connectivity index (χ4n) is 2.26. The van der Waals surface area contributed by atoms with Gasteiger partial charge in [-0.2, -0.15) is 0 Å². The molecule has 0 aromatic heterocycles. The highest BCUT2D eigenvalue weighted by Crippen LogP contribution is 2.40. The largest absolute Gasteiger partial charge is 0.490 e. The molecule has 0 unspecified atom stereocenters. The summed E-state index contributed by atoms with van der Waals surface area (Å²) in [6.45, 7) is 8.01. The summed E-state index contributed by atoms with van der Waals surface area (Å²) in [5.41, 5.74) is 0.624. The molecule has 1 heterocycles. The zero-order valence-electron chi connectivity index (χ0n) is 11.3. The second kappa shape index (κ2) is 4.40. The number of hydrogen-bond acceptors (Lipinski definition) is 2. The van der Waals surface area contributed by atoms with Gasteiger partial charge < -0.3 is 9.31 Å². The summed E-state index contributed by atoms with van der Waals surface area (Å²) in [5, 5.41) is 0. The van der Waals surface area contributed by atoms with E-state index < -0.39 is 0 Å². The molecule has 17 heavy (non-hydrogen) atoms. The molecule has 96 valence electrons. The van der Waals surface area contributed by atoms with Crippen molar-refractivity contribution in [3.63, 3.8) is 0 Å². The molecule has 0 spiro atoms. The van der Waals surface area contributed by atoms with Gasteiger partial charge in [0.05, 0.1) is 17.9 Å². The average Bonchev–Trinajstić information content (AvgIpc) is 2.48. The van der Waals surface area contributed by atoms with Crippen molar-refractivity contribution >= 4 is 7.12 Å². The Hall–Kier alpha value is -0.345. The molecule has 0 aromatic carbocycles. The molecule has 4 heteroatoms. The van der Waals surface area contributed by atoms with Crippen molar-refractivity contribution in [1.82, 2.24) is 0 Å². The van der Waals surface area contributed by atoms with Crippen LogP contribution in [0.3, 0.4) is 0 Å². The predicted molar refractivity (Wildman–Crippen MR) is 67.5 cm³/mol. The van der Waals surface area contributed by atoms with Crippen LogP contribution in [0.2, 0.25) is 0 Å². The van der Waals surface area contributed by atoms with Crippen molar-refractivity contribution in [3.8, 4) is 0 Å². The lowest BCUT2D eigenvalue weighted by molar-refractivity contribution is 0.00578. The minimum atomic E-state index is -0.282. The summed E-state index contributed by atoms with van der Waals surface area (Å²) in [6.07, 6.45) is 4.73. The molecule has 1 aliphatic carbocycles. The Kier molecular flexibility index (Phi) is 3.39. The highest BCUT2D eigenvalue weighted by Gasteiger charge is 2.52. The fraction of sp³-hybridized carbons (Fsp3) is 0.846. The monoisotopic (exact) mass is 240 g/mol. The van der Waals surface area contributed by atoms with Crippen molar-refractivity contribution in [2.75, 3.05) is 6.67 Å². The molecule has 1 atom stereocenters. The maximum Gasteiger partial charge on any atom is 0.490 e. The molecule has 0 aromatic rings. The molecule has 0 amide bonds. The van der Waals surface area contributed by atoms with E-state index in [0.29, 0.717) is 0 Å². The van der Waals surface area contributed by atoms with E-state index in [2.05, 4.69) is 33.8 Å². The first-order chi connectivity index (χ1) is 7.86. The summed E-state index contributed by atoms with van der Waals surface area (Å²) in [7, 11) is -0.236. The normalized spacial score (nSPS) is 31.5. The van der Waals surface area contributed by atoms with Crippen LogP contribution in [0, 0.1) is 5.92 Å². The van der Waals surface area contributed by atoms with Crippen molar-refractivity contribution < 1.29 is 13.7 Å². The average molecular weight is 240 g/mol. The van der Waals surface area contributed by atoms with Crippen molar-refractivity contribution in [2.45, 2.75) is 58.2 Å². The minimum absolute atomic E-state index is 0.196. The summed E-state index contributed by atoms with van der Waals surface area (Å²) >= 11 is 0. The lowest BCUT2D eigenvalue weighted by atomic mass is 9.71. The van der Waals surface area contributed by atoms with Gasteiger partial charge in [0.25, 0.3) is 0 Å². The van der Waals surface area contributed by atoms with Crippen LogP contribution in [0.5, 0.6) is 0 Å². The smallest absolute Gasteiger partial charge is 0.400 e. The summed E-state index contributed by atoms with van der Waals surface area (Å²) in [4.78, 5) is 0. The fourth-order valence-corrected chi connectivity index (χ4v) is 2.26. The predicted octanol–water partition coefficient (Wildman–Crippen LogP) is 3.31. The third-order valence-corrected chi connectivity index (χ3v) is 4.33. The first-order valence-corrected chi connectivity index (χ1v) is 6.46. The van der Waals surface area contributed by atoms with Gasteiger partial charge in [0.2, 0.25) is 0 Å². The van der Waals surface area contributed by atoms with E-state index in [9.17, 15) is 4.39 Å². The van der Waals surface area contributed by atoms with Gasteiger partial charge in [-0.15, -0.1) is 0 Å². The zero-order chi connectivity index (χ0) is 12.7. The molecule has 0 bridgehead atoms. The maximum absolute atomic E-state index is 12.5. The van der Waals surface area contributed by atoms with Crippen LogP contribution < -0.4 is 0 Å². The second-order valence-electron chi connectivity index (χ2n) is 6.16. The minimum Gasteiger partial charge on any atom is -0.400 e. The van der Waals surface area contributed by atoms with E-state index in [-0.39, 0.29) is 30.9 Å². The quantitative estimate of drug-likeness (QED) is 0.689. The van der Waals surface area contributed by atoms with Gasteiger partial charge in [-0.05, 0) is 58.3 Å². The number of halogens is 1. The van der Waals surface area contributed by atoms with E-state index in [1.54, 1.807) is 0 Å². The van der Waals surface area contributed by atoms with Crippen LogP contribution >= 0.6 is 0 Å². The number of allylic oxidation sites excluding steroid dienone is 2. The lowest BCUT2D eigenvalue weighted by Gasteiger charge is -2.32. The molecular weight excluding hydrogens is 218 g/mol. The van der Waals surface area contributed by atoms with Gasteiger partial charge in [-0.1, -0.05) is 6.08 Å². The van der Waals surface area contributed by atoms with Crippen LogP contribution in [0.4, 0.5) is 4.39 Å². The Morgan fingerprint density at radius 1 is 1.29 bits per heavy atom. The molecule has 1 fully saturated rings. The summed E-state index contributed by atoms with van der Waals surface area (Å²) < 4.78 is 24.5. The lowest BCUT2D eigenvalue weighted by Crippen LogP contribution is -2.41. The Labute approximate surface area is 104 Å². The van der Waals surface area contributed by atoms with Crippen LogP contribution in [0.25, 0.3) is 0 Å². The molecule has 0 saturated carbocycles. The second-order valence-corrected chi connectivity index (χ2v) is 6.16. The molecule has 1 aliphatic heterocycles. The van der Waals surface area contributed by atoms with E-state index in [1.807, 2.05) is 0 Å². The third-order valence-electron chi connectivity index (χ3n) is 4.33. The van der Waals surface area contributed by atoms with E-state index in [4.69, 9.17) is 9.31 Å². The Morgan fingerprint density at radius 2 is 1.88 bits per heavy atom. The topological polar surface area (TPSA) is 18.5 Å². The summed E-state index contributed by atoms with van der Waals surface area (Å²) in [5.74, 6) is 0.196. The van der Waals surface area contributed by atoms with Crippen LogP contribution in [-0.4, -0.2) is 25.0 Å². The molecule has 1 saturated heterocycles. The van der Waals surface area contributed by atoms with E-state index in [1.165, 1.54) is 5.47 Å². The molecule has 2 rings (SSSR count). The highest BCUT2D eigenvalue weighted by atomic mass is 19.1. The van der Waals surface area contributed by atoms with E-state index in [0.717, 1.165) is 19.3 Å². The summed E-state index contributed by atoms with van der Waals surface area (Å²) in [6, 6.07) is 0. The molecule has 0 radical (unpaired) electrons. The first kappa shape index (κ1) is 13.1. The van der Waals surface area contributed by atoms with Crippen LogP contribution in [-0.2, 0) is 9.31 Å². The number of rotatable bonds is 2. The highest BCUT2D eigenvalue weighted by molar-refractivity contribution is 6.54. The van der Waals surface area contributed by atoms with Gasteiger partial charge in [0, 0.05) is 0 Å². The van der Waals surface area contributed by atoms with Crippen molar-refractivity contribution in [2.24, 2.45) is 5.92 Å². The number of hydrogen-bond donors (Lipinski definition) is 0. The molecular formula is C13H22BFO2. The van der Waals surface area contributed by atoms with Gasteiger partial charge in [-0.3, -0.25) is 4.39 Å². The van der Waals surface area contributed by atoms with Crippen molar-refractivity contribution in [3.05, 3.63) is 11.5 Å². The van der Waals surface area contributed by atoms with E-state index >= 15 is 0 Å². The van der Waals surface area contributed by atoms with Gasteiger partial charge in [0.1, 0.15) is 0 Å². The standard InChI is InChI=1S/C13H22BFO2/c1-12(2)13(3,4)17-14(16-12)11-7-5-10(9-15)6-8-11/h7,10H,5-6,8-9H2,1-4H3/t10-/m0/s1. The van der Waals surface area contributed by atoms with Crippen molar-refractivity contribution in [1.29, 1.82) is 0 Å². The SMILES string of the molecule is CC1(C)OB(C2=CC[C@H](CF)CC2)OC1(C)C. The van der Waals surface area contributed by atoms with Gasteiger partial charge >= 0.3 is 7.12 Å². The maximum atomic E-state index is 12.5. The third kappa shape index (κ3) is 2.43. The number of alkyl halides is 1. The zero-order valence-corrected chi connectivity index (χ0v) is 11.3. The van der Waals surface area contributed by atoms with Crippen LogP contribution in [0.15, 0.2) is 11.5 Å². The molecule has 0 N–H and O–H groups in total. The molecule has 2 nitrogen and oxygen atoms in total. The Morgan fingerprint density at radius 3 is 2.29 bits per heavy atom. The first-order valence-electron chi connectivity index (χ1n) is 6.46. The van der Waals surface area contributed by atoms with Crippen LogP contribution in [0.1, 0.15) is 47.0 Å². The van der Waals surface area contributed by atoms with Gasteiger partial charge in [-0.25, -0.2) is 0 Å². The molecule has 2 aliphatic rings. The Balaban J connectivity index is 2.05. The Bertz CT molecular complexity index is 309.